The summed E-state index contributed by atoms with van der Waals surface area (Å²) in [6.07, 6.45) is 5.46. The number of rotatable bonds is 4. The highest BCUT2D eigenvalue weighted by molar-refractivity contribution is 7.15. The van der Waals surface area contributed by atoms with Crippen molar-refractivity contribution >= 4 is 28.9 Å². The summed E-state index contributed by atoms with van der Waals surface area (Å²) in [7, 11) is 2.08. The highest BCUT2D eigenvalue weighted by atomic mass is 35.5. The summed E-state index contributed by atoms with van der Waals surface area (Å²) < 4.78 is 0. The maximum absolute atomic E-state index is 5.59. The van der Waals surface area contributed by atoms with E-state index in [1.807, 2.05) is 30.7 Å². The summed E-state index contributed by atoms with van der Waals surface area (Å²) in [6.45, 7) is 1.78. The molecular formula is C11H15ClN4S. The molecule has 0 aliphatic heterocycles. The molecule has 0 atom stereocenters. The second kappa shape index (κ2) is 6.54. The molecule has 0 unspecified atom stereocenters. The fourth-order valence-electron chi connectivity index (χ4n) is 1.52. The van der Waals surface area contributed by atoms with Crippen molar-refractivity contribution in [3.05, 3.63) is 41.2 Å². The van der Waals surface area contributed by atoms with E-state index >= 15 is 0 Å². The average Bonchev–Trinajstić information content (AvgIpc) is 2.65. The first-order valence-corrected chi connectivity index (χ1v) is 5.83. The van der Waals surface area contributed by atoms with Gasteiger partial charge in [-0.05, 0) is 24.7 Å². The fourth-order valence-corrected chi connectivity index (χ4v) is 2.28. The Labute approximate surface area is 111 Å². The topological polar surface area (TPSA) is 55.0 Å². The van der Waals surface area contributed by atoms with Gasteiger partial charge in [0.25, 0.3) is 0 Å². The summed E-state index contributed by atoms with van der Waals surface area (Å²) in [5, 5.41) is 0.632. The molecule has 0 saturated heterocycles. The van der Waals surface area contributed by atoms with Crippen LogP contribution in [0.4, 0.5) is 5.13 Å². The lowest BCUT2D eigenvalue weighted by Gasteiger charge is -2.14. The quantitative estimate of drug-likeness (QED) is 0.925. The third kappa shape index (κ3) is 4.30. The number of thiazole rings is 1. The largest absolute Gasteiger partial charge is 0.375 e. The van der Waals surface area contributed by atoms with Gasteiger partial charge in [-0.25, -0.2) is 4.98 Å². The molecule has 0 fully saturated rings. The van der Waals surface area contributed by atoms with Crippen molar-refractivity contribution in [3.63, 3.8) is 0 Å². The summed E-state index contributed by atoms with van der Waals surface area (Å²) in [5.41, 5.74) is 6.85. The minimum Gasteiger partial charge on any atom is -0.375 e. The van der Waals surface area contributed by atoms with Gasteiger partial charge in [0.05, 0.1) is 0 Å². The van der Waals surface area contributed by atoms with Crippen LogP contribution in [0.5, 0.6) is 0 Å². The second-order valence-corrected chi connectivity index (χ2v) is 4.84. The molecule has 0 spiro atoms. The molecule has 2 rings (SSSR count). The van der Waals surface area contributed by atoms with E-state index in [2.05, 4.69) is 21.9 Å². The van der Waals surface area contributed by atoms with Crippen molar-refractivity contribution in [2.75, 3.05) is 12.8 Å². The summed E-state index contributed by atoms with van der Waals surface area (Å²) in [4.78, 5) is 11.4. The van der Waals surface area contributed by atoms with Crippen molar-refractivity contribution < 1.29 is 0 Å². The van der Waals surface area contributed by atoms with Crippen LogP contribution in [0.3, 0.4) is 0 Å². The number of hydrogen-bond acceptors (Lipinski definition) is 5. The molecule has 0 amide bonds. The second-order valence-electron chi connectivity index (χ2n) is 3.69. The van der Waals surface area contributed by atoms with E-state index in [-0.39, 0.29) is 12.4 Å². The summed E-state index contributed by atoms with van der Waals surface area (Å²) in [5.74, 6) is 0. The van der Waals surface area contributed by atoms with Crippen LogP contribution in [-0.2, 0) is 13.1 Å². The smallest absolute Gasteiger partial charge is 0.180 e. The monoisotopic (exact) mass is 270 g/mol. The highest BCUT2D eigenvalue weighted by Gasteiger charge is 2.04. The van der Waals surface area contributed by atoms with Crippen LogP contribution in [0.25, 0.3) is 0 Å². The average molecular weight is 271 g/mol. The van der Waals surface area contributed by atoms with Crippen LogP contribution in [-0.4, -0.2) is 21.9 Å². The van der Waals surface area contributed by atoms with Gasteiger partial charge in [0.15, 0.2) is 5.13 Å². The molecular weight excluding hydrogens is 256 g/mol. The Morgan fingerprint density at radius 1 is 1.29 bits per heavy atom. The lowest BCUT2D eigenvalue weighted by Crippen LogP contribution is -2.16. The number of pyridine rings is 1. The Morgan fingerprint density at radius 3 is 2.59 bits per heavy atom. The van der Waals surface area contributed by atoms with E-state index in [1.54, 1.807) is 0 Å². The van der Waals surface area contributed by atoms with E-state index in [9.17, 15) is 0 Å². The Kier molecular flexibility index (Phi) is 5.34. The number of aromatic nitrogens is 2. The standard InChI is InChI=1S/C11H14N4S.ClH/c1-15(7-9-2-4-13-5-3-9)8-10-6-14-11(12)16-10;/h2-6H,7-8H2,1H3,(H2,12,14);1H. The normalized spacial score (nSPS) is 10.2. The van der Waals surface area contributed by atoms with Gasteiger partial charge in [-0.3, -0.25) is 9.88 Å². The zero-order chi connectivity index (χ0) is 11.4. The molecule has 0 aliphatic rings. The number of nitrogen functional groups attached to an aromatic ring is 1. The number of hydrogen-bond donors (Lipinski definition) is 1. The maximum atomic E-state index is 5.59. The fraction of sp³-hybridized carbons (Fsp3) is 0.273. The van der Waals surface area contributed by atoms with E-state index in [4.69, 9.17) is 5.73 Å². The molecule has 0 saturated carbocycles. The molecule has 0 bridgehead atoms. The van der Waals surface area contributed by atoms with Crippen molar-refractivity contribution in [2.45, 2.75) is 13.1 Å². The van der Waals surface area contributed by atoms with Gasteiger partial charge in [0.1, 0.15) is 0 Å². The van der Waals surface area contributed by atoms with Gasteiger partial charge < -0.3 is 5.73 Å². The summed E-state index contributed by atoms with van der Waals surface area (Å²) in [6, 6.07) is 4.05. The lowest BCUT2D eigenvalue weighted by molar-refractivity contribution is 0.321. The van der Waals surface area contributed by atoms with Crippen LogP contribution in [0, 0.1) is 0 Å². The van der Waals surface area contributed by atoms with Gasteiger partial charge >= 0.3 is 0 Å². The molecule has 0 aromatic carbocycles. The number of anilines is 1. The zero-order valence-corrected chi connectivity index (χ0v) is 11.2. The van der Waals surface area contributed by atoms with Crippen molar-refractivity contribution in [1.82, 2.24) is 14.9 Å². The first-order chi connectivity index (χ1) is 7.74. The van der Waals surface area contributed by atoms with Crippen LogP contribution in [0.15, 0.2) is 30.7 Å². The third-order valence-electron chi connectivity index (χ3n) is 2.20. The Morgan fingerprint density at radius 2 is 2.00 bits per heavy atom. The molecule has 2 aromatic rings. The predicted octanol–water partition coefficient (Wildman–Crippen LogP) is 2.17. The zero-order valence-electron chi connectivity index (χ0n) is 9.54. The number of nitrogens with two attached hydrogens (primary N) is 1. The van der Waals surface area contributed by atoms with Gasteiger partial charge in [-0.15, -0.1) is 23.7 Å². The molecule has 4 nitrogen and oxygen atoms in total. The van der Waals surface area contributed by atoms with Crippen molar-refractivity contribution in [3.8, 4) is 0 Å². The van der Waals surface area contributed by atoms with E-state index in [0.29, 0.717) is 5.13 Å². The number of halogens is 1. The molecule has 0 aliphatic carbocycles. The molecule has 2 heterocycles. The predicted molar refractivity (Wildman–Crippen MR) is 73.2 cm³/mol. The van der Waals surface area contributed by atoms with Crippen molar-refractivity contribution in [1.29, 1.82) is 0 Å². The van der Waals surface area contributed by atoms with Gasteiger partial charge in [0, 0.05) is 36.6 Å². The van der Waals surface area contributed by atoms with Crippen LogP contribution in [0.1, 0.15) is 10.4 Å². The first-order valence-electron chi connectivity index (χ1n) is 5.01. The SMILES string of the molecule is CN(Cc1ccncc1)Cc1cnc(N)s1.Cl. The Balaban J connectivity index is 0.00000144. The molecule has 2 aromatic heterocycles. The third-order valence-corrected chi connectivity index (χ3v) is 3.01. The minimum atomic E-state index is 0. The summed E-state index contributed by atoms with van der Waals surface area (Å²) >= 11 is 1.54. The van der Waals surface area contributed by atoms with E-state index in [1.165, 1.54) is 21.8 Å². The molecule has 0 radical (unpaired) electrons. The minimum absolute atomic E-state index is 0. The Hall–Kier alpha value is -1.17. The highest BCUT2D eigenvalue weighted by Crippen LogP contribution is 2.16. The molecule has 17 heavy (non-hydrogen) atoms. The Bertz CT molecular complexity index is 446. The number of nitrogens with zero attached hydrogens (tertiary/aromatic N) is 3. The van der Waals surface area contributed by atoms with Gasteiger partial charge in [-0.2, -0.15) is 0 Å². The van der Waals surface area contributed by atoms with Gasteiger partial charge in [0.2, 0.25) is 0 Å². The lowest BCUT2D eigenvalue weighted by atomic mass is 10.2. The van der Waals surface area contributed by atoms with E-state index < -0.39 is 0 Å². The van der Waals surface area contributed by atoms with Gasteiger partial charge in [-0.1, -0.05) is 0 Å². The van der Waals surface area contributed by atoms with Crippen molar-refractivity contribution in [2.24, 2.45) is 0 Å². The van der Waals surface area contributed by atoms with Crippen LogP contribution in [0.2, 0.25) is 0 Å². The maximum Gasteiger partial charge on any atom is 0.180 e. The molecule has 92 valence electrons. The van der Waals surface area contributed by atoms with Crippen LogP contribution >= 0.6 is 23.7 Å². The first kappa shape index (κ1) is 13.9. The molecule has 2 N–H and O–H groups in total. The molecule has 6 heteroatoms. The van der Waals surface area contributed by atoms with E-state index in [0.717, 1.165) is 13.1 Å². The van der Waals surface area contributed by atoms with Crippen LogP contribution < -0.4 is 5.73 Å².